The number of hydrogen-bond donors (Lipinski definition) is 2. The summed E-state index contributed by atoms with van der Waals surface area (Å²) in [6, 6.07) is 4.25. The zero-order valence-corrected chi connectivity index (χ0v) is 17.1. The van der Waals surface area contributed by atoms with Crippen molar-refractivity contribution in [1.82, 2.24) is 10.2 Å². The van der Waals surface area contributed by atoms with Crippen molar-refractivity contribution in [2.75, 3.05) is 7.11 Å². The van der Waals surface area contributed by atoms with Gasteiger partial charge in [0.1, 0.15) is 5.82 Å². The number of hydrogen-bond acceptors (Lipinski definition) is 6. The molecule has 28 heavy (non-hydrogen) atoms. The molecule has 0 saturated carbocycles. The molecule has 3 rings (SSSR count). The molecule has 2 heterocycles. The summed E-state index contributed by atoms with van der Waals surface area (Å²) < 4.78 is 52.2. The molecule has 11 heteroatoms. The predicted octanol–water partition coefficient (Wildman–Crippen LogP) is 1.30. The molecule has 2 N–H and O–H groups in total. The second kappa shape index (κ2) is 7.29. The maximum Gasteiger partial charge on any atom is 0.281 e. The molecule has 0 bridgehead atoms. The van der Waals surface area contributed by atoms with Gasteiger partial charge >= 0.3 is 0 Å². The van der Waals surface area contributed by atoms with E-state index in [0.717, 1.165) is 12.1 Å². The van der Waals surface area contributed by atoms with Crippen molar-refractivity contribution in [3.05, 3.63) is 35.6 Å². The van der Waals surface area contributed by atoms with Crippen LogP contribution in [0.1, 0.15) is 31.1 Å². The van der Waals surface area contributed by atoms with Crippen LogP contribution >= 0.6 is 11.8 Å². The summed E-state index contributed by atoms with van der Waals surface area (Å²) in [6.45, 7) is 3.78. The van der Waals surface area contributed by atoms with Gasteiger partial charge in [0.25, 0.3) is 10.1 Å². The molecule has 4 atom stereocenters. The minimum absolute atomic E-state index is 0.0361. The van der Waals surface area contributed by atoms with Gasteiger partial charge in [0.15, 0.2) is 11.5 Å². The van der Waals surface area contributed by atoms with Gasteiger partial charge in [-0.2, -0.15) is 8.42 Å². The minimum atomic E-state index is -4.96. The van der Waals surface area contributed by atoms with E-state index in [-0.39, 0.29) is 11.3 Å². The van der Waals surface area contributed by atoms with Crippen LogP contribution in [0, 0.1) is 5.82 Å². The van der Waals surface area contributed by atoms with E-state index in [0.29, 0.717) is 6.42 Å². The largest absolute Gasteiger partial charge is 0.359 e. The fourth-order valence-electron chi connectivity index (χ4n) is 3.71. The van der Waals surface area contributed by atoms with Crippen molar-refractivity contribution in [3.8, 4) is 0 Å². The number of fused-ring (bicyclic) bond motifs is 1. The Morgan fingerprint density at radius 1 is 1.43 bits per heavy atom. The maximum absolute atomic E-state index is 14.1. The smallest absolute Gasteiger partial charge is 0.281 e. The van der Waals surface area contributed by atoms with Gasteiger partial charge in [-0.15, -0.1) is 11.8 Å². The van der Waals surface area contributed by atoms with Crippen LogP contribution in [0.4, 0.5) is 4.39 Å². The number of carbonyl (C=O) groups excluding carboxylic acids is 2. The Kier molecular flexibility index (Phi) is 5.47. The average Bonchev–Trinajstić information content (AvgIpc) is 2.79. The molecule has 8 nitrogen and oxygen atoms in total. The van der Waals surface area contributed by atoms with E-state index >= 15 is 0 Å². The number of methoxy groups -OCH3 is 1. The summed E-state index contributed by atoms with van der Waals surface area (Å²) in [4.78, 5) is 26.4. The standard InChI is InChI=1S/C17H21FN2O6S2/c1-17(2)14(20-11(21)8-12(20)27-17)16(26-3)19-15(22)13(28(23,24)25)9-6-4-5-7-10(9)18/h4-7,12-14,16H,8H2,1-3H3,(H,19,22)(H,23,24,25)/t12-,13?,14+,16?/m1/s1. The van der Waals surface area contributed by atoms with Crippen molar-refractivity contribution >= 4 is 33.7 Å². The van der Waals surface area contributed by atoms with Crippen LogP contribution in [0.25, 0.3) is 0 Å². The third-order valence-electron chi connectivity index (χ3n) is 4.95. The molecular formula is C17H21FN2O6S2. The molecule has 2 amide bonds. The molecule has 0 aromatic heterocycles. The highest BCUT2D eigenvalue weighted by molar-refractivity contribution is 8.01. The minimum Gasteiger partial charge on any atom is -0.359 e. The van der Waals surface area contributed by atoms with Gasteiger partial charge in [-0.05, 0) is 19.9 Å². The lowest BCUT2D eigenvalue weighted by molar-refractivity contribution is -0.151. The van der Waals surface area contributed by atoms with E-state index in [1.54, 1.807) is 16.7 Å². The number of thioether (sulfide) groups is 1. The molecule has 1 aromatic carbocycles. The summed E-state index contributed by atoms with van der Waals surface area (Å²) in [7, 11) is -3.65. The number of nitrogens with zero attached hydrogens (tertiary/aromatic N) is 1. The number of halogens is 1. The molecule has 2 unspecified atom stereocenters. The fourth-order valence-corrected chi connectivity index (χ4v) is 6.22. The van der Waals surface area contributed by atoms with E-state index in [1.165, 1.54) is 19.2 Å². The van der Waals surface area contributed by atoms with E-state index in [2.05, 4.69) is 5.32 Å². The van der Waals surface area contributed by atoms with Crippen molar-refractivity contribution < 1.29 is 31.7 Å². The molecular weight excluding hydrogens is 411 g/mol. The summed E-state index contributed by atoms with van der Waals surface area (Å²) in [5.41, 5.74) is -0.477. The Bertz CT molecular complexity index is 907. The number of rotatable bonds is 6. The first kappa shape index (κ1) is 21.0. The van der Waals surface area contributed by atoms with Gasteiger partial charge in [-0.1, -0.05) is 18.2 Å². The zero-order chi connectivity index (χ0) is 20.9. The van der Waals surface area contributed by atoms with Gasteiger partial charge in [-0.3, -0.25) is 14.1 Å². The number of amides is 2. The first-order chi connectivity index (χ1) is 13.0. The maximum atomic E-state index is 14.1. The van der Waals surface area contributed by atoms with Crippen LogP contribution in [-0.4, -0.2) is 59.2 Å². The van der Waals surface area contributed by atoms with E-state index in [1.807, 2.05) is 13.8 Å². The van der Waals surface area contributed by atoms with E-state index in [4.69, 9.17) is 4.74 Å². The molecule has 0 radical (unpaired) electrons. The van der Waals surface area contributed by atoms with Crippen LogP contribution in [0.5, 0.6) is 0 Å². The van der Waals surface area contributed by atoms with Crippen LogP contribution in [0.3, 0.4) is 0 Å². The van der Waals surface area contributed by atoms with Gasteiger partial charge < -0.3 is 15.0 Å². The topological polar surface area (TPSA) is 113 Å². The van der Waals surface area contributed by atoms with Gasteiger partial charge in [0.05, 0.1) is 17.8 Å². The SMILES string of the molecule is COC(NC(=O)C(c1ccccc1F)S(=O)(=O)O)[C@@H]1N2C(=O)C[C@H]2SC1(C)C. The van der Waals surface area contributed by atoms with Crippen LogP contribution in [0.2, 0.25) is 0 Å². The Balaban J connectivity index is 1.90. The molecule has 2 fully saturated rings. The molecule has 1 aromatic rings. The third kappa shape index (κ3) is 3.63. The Morgan fingerprint density at radius 2 is 2.07 bits per heavy atom. The second-order valence-electron chi connectivity index (χ2n) is 7.21. The van der Waals surface area contributed by atoms with Crippen molar-refractivity contribution in [3.63, 3.8) is 0 Å². The van der Waals surface area contributed by atoms with Gasteiger partial charge in [-0.25, -0.2) is 4.39 Å². The molecule has 2 aliphatic heterocycles. The van der Waals surface area contributed by atoms with Crippen molar-refractivity contribution in [2.24, 2.45) is 0 Å². The van der Waals surface area contributed by atoms with Crippen molar-refractivity contribution in [1.29, 1.82) is 0 Å². The lowest BCUT2D eigenvalue weighted by Crippen LogP contribution is -2.63. The fraction of sp³-hybridized carbons (Fsp3) is 0.529. The Morgan fingerprint density at radius 3 is 2.61 bits per heavy atom. The number of β-lactam (4-membered cyclic amide) rings is 1. The average molecular weight is 432 g/mol. The molecule has 154 valence electrons. The first-order valence-corrected chi connectivity index (χ1v) is 10.9. The first-order valence-electron chi connectivity index (χ1n) is 8.50. The number of ether oxygens (including phenoxy) is 1. The molecule has 2 saturated heterocycles. The molecule has 0 aliphatic carbocycles. The second-order valence-corrected chi connectivity index (χ2v) is 10.5. The quantitative estimate of drug-likeness (QED) is 0.396. The summed E-state index contributed by atoms with van der Waals surface area (Å²) >= 11 is 1.56. The summed E-state index contributed by atoms with van der Waals surface area (Å²) in [6.07, 6.45) is -0.655. The zero-order valence-electron chi connectivity index (χ0n) is 15.5. The number of benzene rings is 1. The lowest BCUT2D eigenvalue weighted by atomic mass is 9.96. The van der Waals surface area contributed by atoms with Gasteiger partial charge in [0.2, 0.25) is 11.8 Å². The third-order valence-corrected chi connectivity index (χ3v) is 7.53. The number of nitrogens with one attached hydrogen (secondary N) is 1. The Labute approximate surface area is 166 Å². The summed E-state index contributed by atoms with van der Waals surface area (Å²) in [5, 5.41) is 0.231. The van der Waals surface area contributed by atoms with Crippen LogP contribution in [-0.2, 0) is 24.4 Å². The highest BCUT2D eigenvalue weighted by Gasteiger charge is 2.58. The monoisotopic (exact) mass is 432 g/mol. The van der Waals surface area contributed by atoms with E-state index < -0.39 is 49.7 Å². The van der Waals surface area contributed by atoms with E-state index in [9.17, 15) is 27.0 Å². The number of carbonyl (C=O) groups is 2. The highest BCUT2D eigenvalue weighted by Crippen LogP contribution is 2.51. The van der Waals surface area contributed by atoms with Gasteiger partial charge in [0, 0.05) is 17.4 Å². The Hall–Kier alpha value is -1.69. The molecule has 2 aliphatic rings. The summed E-state index contributed by atoms with van der Waals surface area (Å²) in [5.74, 6) is -2.18. The van der Waals surface area contributed by atoms with Crippen LogP contribution < -0.4 is 5.32 Å². The highest BCUT2D eigenvalue weighted by atomic mass is 32.2. The van der Waals surface area contributed by atoms with Crippen LogP contribution in [0.15, 0.2) is 24.3 Å². The normalized spacial score (nSPS) is 25.6. The lowest BCUT2D eigenvalue weighted by Gasteiger charge is -2.42. The molecule has 0 spiro atoms. The predicted molar refractivity (Wildman–Crippen MR) is 100 cm³/mol. The van der Waals surface area contributed by atoms with Crippen molar-refractivity contribution in [2.45, 2.75) is 47.9 Å².